The van der Waals surface area contributed by atoms with Crippen molar-refractivity contribution in [2.45, 2.75) is 56.9 Å². The predicted molar refractivity (Wildman–Crippen MR) is 106 cm³/mol. The Morgan fingerprint density at radius 1 is 0.846 bits per heavy atom. The molecule has 4 rings (SSSR count). The van der Waals surface area contributed by atoms with E-state index in [2.05, 4.69) is 53.4 Å². The molecular weight excluding hydrogens is 318 g/mol. The highest BCUT2D eigenvalue weighted by Gasteiger charge is 2.36. The van der Waals surface area contributed by atoms with Crippen molar-refractivity contribution in [2.24, 2.45) is 5.92 Å². The second-order valence-corrected chi connectivity index (χ2v) is 7.92. The highest BCUT2D eigenvalue weighted by atomic mass is 16.2. The number of carbonyl (C=O) groups is 1. The van der Waals surface area contributed by atoms with Gasteiger partial charge in [0.05, 0.1) is 0 Å². The van der Waals surface area contributed by atoms with E-state index in [0.717, 1.165) is 12.5 Å². The number of nitrogens with zero attached hydrogens (tertiary/aromatic N) is 1. The molecule has 2 heteroatoms. The number of amides is 1. The Hall–Kier alpha value is -2.09. The molecule has 2 nitrogen and oxygen atoms in total. The van der Waals surface area contributed by atoms with E-state index in [0.29, 0.717) is 18.4 Å². The number of hydrogen-bond acceptors (Lipinski definition) is 1. The van der Waals surface area contributed by atoms with E-state index in [-0.39, 0.29) is 5.92 Å². The van der Waals surface area contributed by atoms with Crippen molar-refractivity contribution in [2.75, 3.05) is 6.54 Å². The number of hydrogen-bond donors (Lipinski definition) is 0. The fraction of sp³-hybridized carbons (Fsp3) is 0.458. The highest BCUT2D eigenvalue weighted by molar-refractivity contribution is 5.78. The summed E-state index contributed by atoms with van der Waals surface area (Å²) in [5, 5.41) is 0. The summed E-state index contributed by atoms with van der Waals surface area (Å²) in [7, 11) is 0. The molecule has 1 saturated heterocycles. The van der Waals surface area contributed by atoms with E-state index < -0.39 is 0 Å². The molecule has 136 valence electrons. The van der Waals surface area contributed by atoms with Gasteiger partial charge in [0.15, 0.2) is 0 Å². The zero-order chi connectivity index (χ0) is 17.8. The van der Waals surface area contributed by atoms with E-state index in [1.807, 2.05) is 12.1 Å². The Balaban J connectivity index is 1.54. The Kier molecular flexibility index (Phi) is 5.38. The van der Waals surface area contributed by atoms with Gasteiger partial charge in [0.2, 0.25) is 5.91 Å². The fourth-order valence-electron chi connectivity index (χ4n) is 5.03. The molecule has 26 heavy (non-hydrogen) atoms. The average molecular weight is 348 g/mol. The van der Waals surface area contributed by atoms with Crippen LogP contribution in [0.3, 0.4) is 0 Å². The third-order valence-electron chi connectivity index (χ3n) is 6.35. The van der Waals surface area contributed by atoms with Crippen molar-refractivity contribution in [1.29, 1.82) is 0 Å². The normalized spacial score (nSPS) is 20.8. The summed E-state index contributed by atoms with van der Waals surface area (Å²) in [6, 6.07) is 21.5. The van der Waals surface area contributed by atoms with Crippen molar-refractivity contribution in [1.82, 2.24) is 4.90 Å². The van der Waals surface area contributed by atoms with Crippen LogP contribution in [0.25, 0.3) is 0 Å². The van der Waals surface area contributed by atoms with Crippen LogP contribution in [0.2, 0.25) is 0 Å². The van der Waals surface area contributed by atoms with Crippen molar-refractivity contribution in [3.05, 3.63) is 71.8 Å². The van der Waals surface area contributed by atoms with Gasteiger partial charge >= 0.3 is 0 Å². The molecule has 2 aromatic carbocycles. The van der Waals surface area contributed by atoms with Crippen molar-refractivity contribution in [3.63, 3.8) is 0 Å². The molecule has 0 aromatic heterocycles. The van der Waals surface area contributed by atoms with Gasteiger partial charge < -0.3 is 4.90 Å². The van der Waals surface area contributed by atoms with E-state index in [4.69, 9.17) is 0 Å². The maximum absolute atomic E-state index is 13.3. The first-order valence-electron chi connectivity index (χ1n) is 10.2. The lowest BCUT2D eigenvalue weighted by molar-refractivity contribution is -0.133. The number of rotatable bonds is 5. The first kappa shape index (κ1) is 17.3. The number of carbonyl (C=O) groups excluding carboxylic acids is 1. The largest absolute Gasteiger partial charge is 0.339 e. The van der Waals surface area contributed by atoms with Crippen LogP contribution in [0.4, 0.5) is 0 Å². The van der Waals surface area contributed by atoms with Crippen molar-refractivity contribution in [3.8, 4) is 0 Å². The minimum absolute atomic E-state index is 0.148. The summed E-state index contributed by atoms with van der Waals surface area (Å²) in [6.45, 7) is 0.955. The summed E-state index contributed by atoms with van der Waals surface area (Å²) < 4.78 is 0. The first-order valence-corrected chi connectivity index (χ1v) is 10.2. The molecule has 1 aliphatic heterocycles. The molecule has 1 heterocycles. The maximum Gasteiger partial charge on any atom is 0.223 e. The Labute approximate surface area is 157 Å². The SMILES string of the molecule is O=C(CC(c1ccccc1)c1ccccc1)N1CCCC1C1CCCC1. The van der Waals surface area contributed by atoms with Crippen LogP contribution >= 0.6 is 0 Å². The fourth-order valence-corrected chi connectivity index (χ4v) is 5.03. The maximum atomic E-state index is 13.3. The van der Waals surface area contributed by atoms with Crippen LogP contribution in [0.5, 0.6) is 0 Å². The lowest BCUT2D eigenvalue weighted by Gasteiger charge is -2.31. The Bertz CT molecular complexity index is 666. The van der Waals surface area contributed by atoms with Gasteiger partial charge in [-0.15, -0.1) is 0 Å². The van der Waals surface area contributed by atoms with Gasteiger partial charge in [-0.25, -0.2) is 0 Å². The predicted octanol–water partition coefficient (Wildman–Crippen LogP) is 5.39. The Morgan fingerprint density at radius 2 is 1.42 bits per heavy atom. The molecular formula is C24H29NO. The van der Waals surface area contributed by atoms with E-state index in [1.54, 1.807) is 0 Å². The first-order chi connectivity index (χ1) is 12.8. The standard InChI is InChI=1S/C24H29NO/c26-24(25-17-9-16-23(25)21-14-7-8-15-21)18-22(19-10-3-1-4-11-19)20-12-5-2-6-13-20/h1-6,10-13,21-23H,7-9,14-18H2. The highest BCUT2D eigenvalue weighted by Crippen LogP contribution is 2.37. The number of likely N-dealkylation sites (tertiary alicyclic amines) is 1. The van der Waals surface area contributed by atoms with Gasteiger partial charge in [-0.2, -0.15) is 0 Å². The van der Waals surface area contributed by atoms with Crippen LogP contribution in [0, 0.1) is 5.92 Å². The summed E-state index contributed by atoms with van der Waals surface area (Å²) in [5.41, 5.74) is 2.48. The van der Waals surface area contributed by atoms with Gasteiger partial charge in [-0.1, -0.05) is 73.5 Å². The van der Waals surface area contributed by atoms with Crippen molar-refractivity contribution < 1.29 is 4.79 Å². The molecule has 1 aliphatic carbocycles. The molecule has 0 N–H and O–H groups in total. The Morgan fingerprint density at radius 3 is 2.00 bits per heavy atom. The second-order valence-electron chi connectivity index (χ2n) is 7.92. The van der Waals surface area contributed by atoms with Gasteiger partial charge in [0, 0.05) is 24.9 Å². The lowest BCUT2D eigenvalue weighted by atomic mass is 9.87. The molecule has 0 bridgehead atoms. The van der Waals surface area contributed by atoms with Crippen LogP contribution in [0.15, 0.2) is 60.7 Å². The lowest BCUT2D eigenvalue weighted by Crippen LogP contribution is -2.40. The van der Waals surface area contributed by atoms with Crippen LogP contribution in [-0.2, 0) is 4.79 Å². The molecule has 2 fully saturated rings. The van der Waals surface area contributed by atoms with E-state index >= 15 is 0 Å². The monoisotopic (exact) mass is 347 g/mol. The van der Waals surface area contributed by atoms with Gasteiger partial charge in [-0.05, 0) is 42.7 Å². The zero-order valence-corrected chi connectivity index (χ0v) is 15.5. The second kappa shape index (κ2) is 8.07. The van der Waals surface area contributed by atoms with E-state index in [1.165, 1.54) is 49.7 Å². The topological polar surface area (TPSA) is 20.3 Å². The molecule has 2 aromatic rings. The summed E-state index contributed by atoms with van der Waals surface area (Å²) in [5.74, 6) is 1.24. The molecule has 0 spiro atoms. The molecule has 1 saturated carbocycles. The van der Waals surface area contributed by atoms with Gasteiger partial charge in [0.25, 0.3) is 0 Å². The smallest absolute Gasteiger partial charge is 0.223 e. The van der Waals surface area contributed by atoms with Crippen LogP contribution in [-0.4, -0.2) is 23.4 Å². The zero-order valence-electron chi connectivity index (χ0n) is 15.5. The molecule has 2 aliphatic rings. The van der Waals surface area contributed by atoms with Crippen LogP contribution in [0.1, 0.15) is 62.0 Å². The minimum atomic E-state index is 0.148. The molecule has 0 radical (unpaired) electrons. The number of benzene rings is 2. The molecule has 1 atom stereocenters. The quantitative estimate of drug-likeness (QED) is 0.710. The third kappa shape index (κ3) is 3.70. The van der Waals surface area contributed by atoms with E-state index in [9.17, 15) is 4.79 Å². The average Bonchev–Trinajstić information content (AvgIpc) is 3.38. The summed E-state index contributed by atoms with van der Waals surface area (Å²) >= 11 is 0. The van der Waals surface area contributed by atoms with Gasteiger partial charge in [-0.3, -0.25) is 4.79 Å². The summed E-state index contributed by atoms with van der Waals surface area (Å²) in [4.78, 5) is 15.5. The van der Waals surface area contributed by atoms with Crippen molar-refractivity contribution >= 4 is 5.91 Å². The van der Waals surface area contributed by atoms with Crippen LogP contribution < -0.4 is 0 Å². The van der Waals surface area contributed by atoms with Gasteiger partial charge in [0.1, 0.15) is 0 Å². The molecule has 1 amide bonds. The minimum Gasteiger partial charge on any atom is -0.339 e. The third-order valence-corrected chi connectivity index (χ3v) is 6.35. The molecule has 1 unspecified atom stereocenters. The summed E-state index contributed by atoms with van der Waals surface area (Å²) in [6.07, 6.45) is 8.29.